The molecule has 3 rings (SSSR count). The fraction of sp³-hybridized carbons (Fsp3) is 0.364. The van der Waals surface area contributed by atoms with Gasteiger partial charge in [-0.3, -0.25) is 10.1 Å². The van der Waals surface area contributed by atoms with Crippen molar-refractivity contribution in [3.8, 4) is 11.5 Å². The van der Waals surface area contributed by atoms with Gasteiger partial charge < -0.3 is 19.5 Å². The average Bonchev–Trinajstić information content (AvgIpc) is 3.20. The summed E-state index contributed by atoms with van der Waals surface area (Å²) < 4.78 is 17.0. The highest BCUT2D eigenvalue weighted by Crippen LogP contribution is 2.20. The Kier molecular flexibility index (Phi) is 7.43. The number of hydrogen-bond donors (Lipinski definition) is 2. The van der Waals surface area contributed by atoms with E-state index in [1.807, 2.05) is 44.2 Å². The fourth-order valence-corrected chi connectivity index (χ4v) is 3.16. The van der Waals surface area contributed by atoms with Crippen LogP contribution in [0.25, 0.3) is 0 Å². The molecule has 1 unspecified atom stereocenters. The van der Waals surface area contributed by atoms with Gasteiger partial charge in [-0.05, 0) is 69.2 Å². The number of benzene rings is 2. The predicted molar refractivity (Wildman–Crippen MR) is 117 cm³/mol. The lowest BCUT2D eigenvalue weighted by atomic mass is 10.2. The normalized spacial score (nSPS) is 15.8. The summed E-state index contributed by atoms with van der Waals surface area (Å²) in [6.45, 7) is 5.20. The number of anilines is 1. The molecule has 0 aromatic heterocycles. The van der Waals surface area contributed by atoms with E-state index in [1.54, 1.807) is 18.2 Å². The minimum absolute atomic E-state index is 0.0331. The molecule has 1 atom stereocenters. The second-order valence-corrected chi connectivity index (χ2v) is 7.48. The van der Waals surface area contributed by atoms with Crippen molar-refractivity contribution in [3.63, 3.8) is 0 Å². The quantitative estimate of drug-likeness (QED) is 0.663. The summed E-state index contributed by atoms with van der Waals surface area (Å²) in [5, 5.41) is 5.91. The first-order valence-corrected chi connectivity index (χ1v) is 10.1. The lowest BCUT2D eigenvalue weighted by molar-refractivity contribution is 0.0680. The number of carbonyl (C=O) groups excluding carboxylic acids is 1. The molecule has 2 aromatic rings. The van der Waals surface area contributed by atoms with Crippen LogP contribution in [-0.4, -0.2) is 36.4 Å². The largest absolute Gasteiger partial charge is 0.491 e. The van der Waals surface area contributed by atoms with Crippen LogP contribution in [0.3, 0.4) is 0 Å². The standard InChI is InChI=1S/C22H26N2O4S/c1-15(2)28-19-9-3-6-16(12-19)21(25)24-22(29)23-17-7-4-8-18(13-17)27-14-20-10-5-11-26-20/h3-4,6-9,12-13,15,20H,5,10-11,14H2,1-2H3,(H2,23,24,25,29). The number of amides is 1. The van der Waals surface area contributed by atoms with Crippen molar-refractivity contribution in [2.75, 3.05) is 18.5 Å². The highest BCUT2D eigenvalue weighted by atomic mass is 32.1. The molecule has 29 heavy (non-hydrogen) atoms. The smallest absolute Gasteiger partial charge is 0.257 e. The maximum atomic E-state index is 12.5. The lowest BCUT2D eigenvalue weighted by Gasteiger charge is -2.14. The van der Waals surface area contributed by atoms with Gasteiger partial charge in [-0.2, -0.15) is 0 Å². The Morgan fingerprint density at radius 2 is 2.00 bits per heavy atom. The van der Waals surface area contributed by atoms with Crippen LogP contribution < -0.4 is 20.1 Å². The van der Waals surface area contributed by atoms with Crippen molar-refractivity contribution < 1.29 is 19.0 Å². The van der Waals surface area contributed by atoms with Crippen LogP contribution in [-0.2, 0) is 4.74 Å². The van der Waals surface area contributed by atoms with Gasteiger partial charge in [0, 0.05) is 23.9 Å². The van der Waals surface area contributed by atoms with Crippen molar-refractivity contribution in [2.24, 2.45) is 0 Å². The zero-order valence-corrected chi connectivity index (χ0v) is 17.5. The van der Waals surface area contributed by atoms with Gasteiger partial charge >= 0.3 is 0 Å². The van der Waals surface area contributed by atoms with Gasteiger partial charge in [-0.1, -0.05) is 12.1 Å². The highest BCUT2D eigenvalue weighted by Gasteiger charge is 2.16. The number of ether oxygens (including phenoxy) is 3. The Morgan fingerprint density at radius 3 is 2.76 bits per heavy atom. The van der Waals surface area contributed by atoms with Crippen molar-refractivity contribution >= 4 is 28.9 Å². The van der Waals surface area contributed by atoms with Crippen LogP contribution in [0.15, 0.2) is 48.5 Å². The molecule has 154 valence electrons. The van der Waals surface area contributed by atoms with Crippen molar-refractivity contribution in [1.29, 1.82) is 0 Å². The Balaban J connectivity index is 1.53. The summed E-state index contributed by atoms with van der Waals surface area (Å²) in [7, 11) is 0. The van der Waals surface area contributed by atoms with E-state index in [9.17, 15) is 4.79 Å². The van der Waals surface area contributed by atoms with Crippen LogP contribution in [0.2, 0.25) is 0 Å². The SMILES string of the molecule is CC(C)Oc1cccc(C(=O)NC(=S)Nc2cccc(OCC3CCCO3)c2)c1. The van der Waals surface area contributed by atoms with Crippen molar-refractivity contribution in [2.45, 2.75) is 38.9 Å². The fourth-order valence-electron chi connectivity index (χ4n) is 2.95. The Bertz CT molecular complexity index is 850. The monoisotopic (exact) mass is 414 g/mol. The zero-order chi connectivity index (χ0) is 20.6. The van der Waals surface area contributed by atoms with E-state index in [-0.39, 0.29) is 23.2 Å². The molecular formula is C22H26N2O4S. The first kappa shape index (κ1) is 21.1. The highest BCUT2D eigenvalue weighted by molar-refractivity contribution is 7.80. The molecule has 0 saturated carbocycles. The average molecular weight is 415 g/mol. The molecular weight excluding hydrogens is 388 g/mol. The van der Waals surface area contributed by atoms with Gasteiger partial charge in [0.2, 0.25) is 0 Å². The number of rotatable bonds is 7. The second kappa shape index (κ2) is 10.2. The van der Waals surface area contributed by atoms with Gasteiger partial charge in [-0.15, -0.1) is 0 Å². The first-order valence-electron chi connectivity index (χ1n) is 9.73. The lowest BCUT2D eigenvalue weighted by Crippen LogP contribution is -2.34. The molecule has 1 fully saturated rings. The molecule has 6 nitrogen and oxygen atoms in total. The minimum Gasteiger partial charge on any atom is -0.491 e. The topological polar surface area (TPSA) is 68.8 Å². The predicted octanol–water partition coefficient (Wildman–Crippen LogP) is 4.16. The van der Waals surface area contributed by atoms with Gasteiger partial charge in [-0.25, -0.2) is 0 Å². The Hall–Kier alpha value is -2.64. The Morgan fingerprint density at radius 1 is 1.21 bits per heavy atom. The molecule has 0 radical (unpaired) electrons. The van der Waals surface area contributed by atoms with Crippen molar-refractivity contribution in [3.05, 3.63) is 54.1 Å². The van der Waals surface area contributed by atoms with Gasteiger partial charge in [0.05, 0.1) is 12.2 Å². The van der Waals surface area contributed by atoms with E-state index in [2.05, 4.69) is 10.6 Å². The minimum atomic E-state index is -0.303. The van der Waals surface area contributed by atoms with Crippen LogP contribution in [0.1, 0.15) is 37.0 Å². The summed E-state index contributed by atoms with van der Waals surface area (Å²) in [5.41, 5.74) is 1.21. The summed E-state index contributed by atoms with van der Waals surface area (Å²) >= 11 is 5.28. The molecule has 0 spiro atoms. The molecule has 0 bridgehead atoms. The number of carbonyl (C=O) groups is 1. The van der Waals surface area contributed by atoms with E-state index in [0.29, 0.717) is 17.9 Å². The van der Waals surface area contributed by atoms with Crippen LogP contribution >= 0.6 is 12.2 Å². The first-order chi connectivity index (χ1) is 14.0. The second-order valence-electron chi connectivity index (χ2n) is 7.08. The number of thiocarbonyl (C=S) groups is 1. The summed E-state index contributed by atoms with van der Waals surface area (Å²) in [4.78, 5) is 12.5. The molecule has 1 aliphatic rings. The number of nitrogens with one attached hydrogen (secondary N) is 2. The molecule has 1 amide bonds. The number of hydrogen-bond acceptors (Lipinski definition) is 5. The molecule has 2 aromatic carbocycles. The van der Waals surface area contributed by atoms with E-state index in [4.69, 9.17) is 26.4 Å². The summed E-state index contributed by atoms with van der Waals surface area (Å²) in [6, 6.07) is 14.4. The third-order valence-corrected chi connectivity index (χ3v) is 4.45. The third-order valence-electron chi connectivity index (χ3n) is 4.25. The molecule has 1 saturated heterocycles. The molecule has 2 N–H and O–H groups in total. The van der Waals surface area contributed by atoms with Crippen LogP contribution in [0.5, 0.6) is 11.5 Å². The van der Waals surface area contributed by atoms with Crippen molar-refractivity contribution in [1.82, 2.24) is 5.32 Å². The van der Waals surface area contributed by atoms with E-state index in [0.717, 1.165) is 30.9 Å². The van der Waals surface area contributed by atoms with Crippen LogP contribution in [0.4, 0.5) is 5.69 Å². The Labute approximate surface area is 176 Å². The molecule has 1 heterocycles. The van der Waals surface area contributed by atoms with Crippen LogP contribution in [0, 0.1) is 0 Å². The maximum absolute atomic E-state index is 12.5. The molecule has 0 aliphatic carbocycles. The van der Waals surface area contributed by atoms with Gasteiger partial charge in [0.25, 0.3) is 5.91 Å². The van der Waals surface area contributed by atoms with Gasteiger partial charge in [0.1, 0.15) is 18.1 Å². The summed E-state index contributed by atoms with van der Waals surface area (Å²) in [5.74, 6) is 1.06. The summed E-state index contributed by atoms with van der Waals surface area (Å²) in [6.07, 6.45) is 2.29. The molecule has 1 aliphatic heterocycles. The maximum Gasteiger partial charge on any atom is 0.257 e. The van der Waals surface area contributed by atoms with E-state index < -0.39 is 0 Å². The molecule has 7 heteroatoms. The van der Waals surface area contributed by atoms with Gasteiger partial charge in [0.15, 0.2) is 5.11 Å². The third kappa shape index (κ3) is 6.73. The van der Waals surface area contributed by atoms with E-state index >= 15 is 0 Å². The zero-order valence-electron chi connectivity index (χ0n) is 16.6. The van der Waals surface area contributed by atoms with E-state index in [1.165, 1.54) is 0 Å².